The number of hydrogen-bond donors (Lipinski definition) is 1. The monoisotopic (exact) mass is 283 g/mol. The van der Waals surface area contributed by atoms with Crippen molar-refractivity contribution in [3.63, 3.8) is 0 Å². The zero-order valence-corrected chi connectivity index (χ0v) is 11.4. The Kier molecular flexibility index (Phi) is 2.50. The number of carbonyl (C=O) groups is 1. The van der Waals surface area contributed by atoms with Crippen molar-refractivity contribution in [2.75, 3.05) is 5.32 Å². The minimum Gasteiger partial charge on any atom is -0.300 e. The van der Waals surface area contributed by atoms with Crippen LogP contribution in [0.5, 0.6) is 0 Å². The summed E-state index contributed by atoms with van der Waals surface area (Å²) in [5.41, 5.74) is 1.21. The Morgan fingerprint density at radius 1 is 1.29 bits per heavy atom. The molecular weight excluding hydrogens is 270 g/mol. The van der Waals surface area contributed by atoms with Gasteiger partial charge in [0.1, 0.15) is 12.2 Å². The lowest BCUT2D eigenvalue weighted by atomic mass is 10.2. The van der Waals surface area contributed by atoms with Gasteiger partial charge in [0, 0.05) is 19.2 Å². The number of carbonyl (C=O) groups excluding carboxylic acids is 1. The first-order chi connectivity index (χ1) is 10.2. The van der Waals surface area contributed by atoms with Crippen molar-refractivity contribution in [3.05, 3.63) is 36.0 Å². The predicted molar refractivity (Wildman–Crippen MR) is 73.9 cm³/mol. The number of anilines is 1. The molecule has 4 rings (SSSR count). The van der Waals surface area contributed by atoms with Crippen LogP contribution in [0, 0.1) is 0 Å². The Balaban J connectivity index is 1.59. The Labute approximate surface area is 119 Å². The van der Waals surface area contributed by atoms with Crippen molar-refractivity contribution in [2.45, 2.75) is 18.8 Å². The third kappa shape index (κ3) is 2.04. The fourth-order valence-corrected chi connectivity index (χ4v) is 2.28. The van der Waals surface area contributed by atoms with Gasteiger partial charge in [-0.25, -0.2) is 0 Å². The van der Waals surface area contributed by atoms with Gasteiger partial charge >= 0.3 is 0 Å². The van der Waals surface area contributed by atoms with Gasteiger partial charge in [-0.05, 0) is 25.0 Å². The Morgan fingerprint density at radius 3 is 2.95 bits per heavy atom. The molecule has 3 aromatic rings. The number of amides is 1. The standard InChI is InChI=1S/C13H13N7O/c1-19-11(8-2-3-8)17-18-13(19)15-12(21)9-4-5-10-16-14-7-20(10)6-9/h4-8H,2-3H2,1H3,(H,15,18,21). The average molecular weight is 283 g/mol. The second-order valence-corrected chi connectivity index (χ2v) is 5.18. The molecule has 0 unspecified atom stereocenters. The van der Waals surface area contributed by atoms with E-state index in [0.717, 1.165) is 18.7 Å². The molecule has 1 N–H and O–H groups in total. The first-order valence-electron chi connectivity index (χ1n) is 6.72. The number of aromatic nitrogens is 6. The second kappa shape index (κ2) is 4.37. The highest BCUT2D eigenvalue weighted by atomic mass is 16.1. The van der Waals surface area contributed by atoms with Gasteiger partial charge in [-0.1, -0.05) is 0 Å². The average Bonchev–Trinajstić information content (AvgIpc) is 3.11. The van der Waals surface area contributed by atoms with Gasteiger partial charge in [0.25, 0.3) is 5.91 Å². The van der Waals surface area contributed by atoms with E-state index in [4.69, 9.17) is 0 Å². The van der Waals surface area contributed by atoms with E-state index >= 15 is 0 Å². The molecule has 21 heavy (non-hydrogen) atoms. The van der Waals surface area contributed by atoms with E-state index < -0.39 is 0 Å². The SMILES string of the molecule is Cn1c(NC(=O)c2ccc3nncn3c2)nnc1C1CC1. The van der Waals surface area contributed by atoms with Crippen LogP contribution in [0.2, 0.25) is 0 Å². The van der Waals surface area contributed by atoms with Gasteiger partial charge in [-0.3, -0.25) is 19.1 Å². The smallest absolute Gasteiger partial charge is 0.259 e. The quantitative estimate of drug-likeness (QED) is 0.774. The van der Waals surface area contributed by atoms with Crippen LogP contribution in [0.3, 0.4) is 0 Å². The van der Waals surface area contributed by atoms with Gasteiger partial charge in [0.15, 0.2) is 5.65 Å². The molecule has 8 nitrogen and oxygen atoms in total. The molecule has 0 bridgehead atoms. The summed E-state index contributed by atoms with van der Waals surface area (Å²) in [6, 6.07) is 3.45. The number of rotatable bonds is 3. The first-order valence-corrected chi connectivity index (χ1v) is 6.72. The van der Waals surface area contributed by atoms with Crippen LogP contribution in [0.15, 0.2) is 24.7 Å². The highest BCUT2D eigenvalue weighted by Gasteiger charge is 2.29. The molecule has 0 aromatic carbocycles. The van der Waals surface area contributed by atoms with Gasteiger partial charge in [0.2, 0.25) is 5.95 Å². The molecule has 3 heterocycles. The molecule has 1 amide bonds. The third-order valence-electron chi connectivity index (χ3n) is 3.63. The molecule has 3 aromatic heterocycles. The fraction of sp³-hybridized carbons (Fsp3) is 0.308. The Morgan fingerprint density at radius 2 is 2.14 bits per heavy atom. The summed E-state index contributed by atoms with van der Waals surface area (Å²) < 4.78 is 3.54. The molecule has 8 heteroatoms. The number of pyridine rings is 1. The van der Waals surface area contributed by atoms with Crippen molar-refractivity contribution in [3.8, 4) is 0 Å². The fourth-order valence-electron chi connectivity index (χ4n) is 2.28. The molecule has 1 aliphatic carbocycles. The van der Waals surface area contributed by atoms with Crippen LogP contribution in [0.1, 0.15) is 34.9 Å². The third-order valence-corrected chi connectivity index (χ3v) is 3.63. The molecular formula is C13H13N7O. The second-order valence-electron chi connectivity index (χ2n) is 5.18. The van der Waals surface area contributed by atoms with Gasteiger partial charge in [0.05, 0.1) is 5.56 Å². The number of hydrogen-bond acceptors (Lipinski definition) is 5. The summed E-state index contributed by atoms with van der Waals surface area (Å²) in [5.74, 6) is 1.65. The summed E-state index contributed by atoms with van der Waals surface area (Å²) in [5, 5.41) is 18.7. The lowest BCUT2D eigenvalue weighted by molar-refractivity contribution is 0.102. The summed E-state index contributed by atoms with van der Waals surface area (Å²) in [7, 11) is 1.87. The van der Waals surface area contributed by atoms with Crippen molar-refractivity contribution in [1.82, 2.24) is 29.4 Å². The molecule has 0 spiro atoms. The lowest BCUT2D eigenvalue weighted by Crippen LogP contribution is -2.16. The zero-order chi connectivity index (χ0) is 14.4. The Hall–Kier alpha value is -2.77. The van der Waals surface area contributed by atoms with Crippen LogP contribution in [0.25, 0.3) is 5.65 Å². The highest BCUT2D eigenvalue weighted by molar-refractivity contribution is 6.03. The molecule has 106 valence electrons. The van der Waals surface area contributed by atoms with E-state index in [1.165, 1.54) is 0 Å². The topological polar surface area (TPSA) is 90.0 Å². The summed E-state index contributed by atoms with van der Waals surface area (Å²) in [6.45, 7) is 0. The summed E-state index contributed by atoms with van der Waals surface area (Å²) in [6.07, 6.45) is 5.52. The van der Waals surface area contributed by atoms with Crippen LogP contribution < -0.4 is 5.32 Å². The van der Waals surface area contributed by atoms with Gasteiger partial charge < -0.3 is 0 Å². The minimum atomic E-state index is -0.233. The minimum absolute atomic E-state index is 0.233. The van der Waals surface area contributed by atoms with E-state index in [1.54, 1.807) is 29.1 Å². The van der Waals surface area contributed by atoms with Crippen LogP contribution >= 0.6 is 0 Å². The van der Waals surface area contributed by atoms with E-state index in [9.17, 15) is 4.79 Å². The van der Waals surface area contributed by atoms with Crippen molar-refractivity contribution >= 4 is 17.5 Å². The van der Waals surface area contributed by atoms with Crippen LogP contribution in [-0.4, -0.2) is 35.3 Å². The van der Waals surface area contributed by atoms with Crippen LogP contribution in [0.4, 0.5) is 5.95 Å². The normalized spacial score (nSPS) is 14.5. The largest absolute Gasteiger partial charge is 0.300 e. The zero-order valence-electron chi connectivity index (χ0n) is 11.4. The number of nitrogens with zero attached hydrogens (tertiary/aromatic N) is 6. The molecule has 1 aliphatic rings. The Bertz CT molecular complexity index is 830. The van der Waals surface area contributed by atoms with E-state index in [0.29, 0.717) is 23.1 Å². The molecule has 0 saturated heterocycles. The van der Waals surface area contributed by atoms with E-state index in [1.807, 2.05) is 11.6 Å². The number of fused-ring (bicyclic) bond motifs is 1. The highest BCUT2D eigenvalue weighted by Crippen LogP contribution is 2.39. The summed E-state index contributed by atoms with van der Waals surface area (Å²) >= 11 is 0. The summed E-state index contributed by atoms with van der Waals surface area (Å²) in [4.78, 5) is 12.3. The van der Waals surface area contributed by atoms with Crippen molar-refractivity contribution in [1.29, 1.82) is 0 Å². The molecule has 0 atom stereocenters. The predicted octanol–water partition coefficient (Wildman–Crippen LogP) is 0.987. The van der Waals surface area contributed by atoms with E-state index in [-0.39, 0.29) is 5.91 Å². The van der Waals surface area contributed by atoms with Gasteiger partial charge in [-0.15, -0.1) is 20.4 Å². The maximum atomic E-state index is 12.3. The van der Waals surface area contributed by atoms with E-state index in [2.05, 4.69) is 25.7 Å². The molecule has 1 fully saturated rings. The maximum Gasteiger partial charge on any atom is 0.259 e. The van der Waals surface area contributed by atoms with Crippen molar-refractivity contribution < 1.29 is 4.79 Å². The van der Waals surface area contributed by atoms with Crippen molar-refractivity contribution in [2.24, 2.45) is 7.05 Å². The lowest BCUT2D eigenvalue weighted by Gasteiger charge is -2.05. The maximum absolute atomic E-state index is 12.3. The molecule has 0 radical (unpaired) electrons. The van der Waals surface area contributed by atoms with Gasteiger partial charge in [-0.2, -0.15) is 0 Å². The van der Waals surface area contributed by atoms with Crippen LogP contribution in [-0.2, 0) is 7.05 Å². The molecule has 1 saturated carbocycles. The molecule has 0 aliphatic heterocycles. The first kappa shape index (κ1) is 12.0. The number of nitrogens with one attached hydrogen (secondary N) is 1.